The van der Waals surface area contributed by atoms with Crippen LogP contribution < -0.4 is 16.6 Å². The summed E-state index contributed by atoms with van der Waals surface area (Å²) in [4.78, 5) is 10.9. The zero-order valence-electron chi connectivity index (χ0n) is 11.4. The van der Waals surface area contributed by atoms with Crippen molar-refractivity contribution in [2.24, 2.45) is 5.84 Å². The van der Waals surface area contributed by atoms with Crippen molar-refractivity contribution < 1.29 is 4.74 Å². The first-order valence-electron chi connectivity index (χ1n) is 6.60. The van der Waals surface area contributed by atoms with Crippen molar-refractivity contribution in [3.63, 3.8) is 0 Å². The average molecular weight is 277 g/mol. The third-order valence-corrected chi connectivity index (χ3v) is 3.36. The molecule has 1 atom stereocenters. The number of imidazole rings is 1. The van der Waals surface area contributed by atoms with Crippen molar-refractivity contribution in [3.05, 3.63) is 18.6 Å². The quantitative estimate of drug-likeness (QED) is 0.524. The highest BCUT2D eigenvalue weighted by atomic mass is 16.5. The summed E-state index contributed by atoms with van der Waals surface area (Å²) in [6.45, 7) is 3.34. The fourth-order valence-corrected chi connectivity index (χ4v) is 2.32. The lowest BCUT2D eigenvalue weighted by molar-refractivity contribution is -0.0117. The standard InChI is InChI=1S/C12H19N7O/c1-18-4-5-20-9(7-18)6-15-11-12-14-2-3-19(12)8-10(16-11)17-13/h2-3,8-9,17H,4-7,13H2,1H3,(H,15,16). The number of morpholine rings is 1. The number of aromatic nitrogens is 3. The van der Waals surface area contributed by atoms with Gasteiger partial charge in [0.1, 0.15) is 0 Å². The second-order valence-corrected chi connectivity index (χ2v) is 4.91. The van der Waals surface area contributed by atoms with Crippen LogP contribution in [0, 0.1) is 0 Å². The summed E-state index contributed by atoms with van der Waals surface area (Å²) in [6.07, 6.45) is 5.53. The number of hydrazine groups is 1. The summed E-state index contributed by atoms with van der Waals surface area (Å²) in [5.41, 5.74) is 3.33. The van der Waals surface area contributed by atoms with Crippen LogP contribution in [0.1, 0.15) is 0 Å². The number of likely N-dealkylation sites (N-methyl/N-ethyl adjacent to an activating group) is 1. The number of ether oxygens (including phenoxy) is 1. The molecule has 8 heteroatoms. The van der Waals surface area contributed by atoms with E-state index >= 15 is 0 Å². The second-order valence-electron chi connectivity index (χ2n) is 4.91. The Labute approximate surface area is 116 Å². The van der Waals surface area contributed by atoms with Crippen LogP contribution in [0.4, 0.5) is 11.6 Å². The van der Waals surface area contributed by atoms with Crippen molar-refractivity contribution in [2.75, 3.05) is 44.0 Å². The maximum Gasteiger partial charge on any atom is 0.180 e. The Balaban J connectivity index is 1.74. The fraction of sp³-hybridized carbons (Fsp3) is 0.500. The van der Waals surface area contributed by atoms with Gasteiger partial charge in [0.15, 0.2) is 17.3 Å². The Morgan fingerprint density at radius 2 is 2.45 bits per heavy atom. The molecule has 0 spiro atoms. The molecule has 1 aliphatic rings. The molecular weight excluding hydrogens is 258 g/mol. The Bertz CT molecular complexity index is 584. The van der Waals surface area contributed by atoms with E-state index in [0.29, 0.717) is 18.2 Å². The van der Waals surface area contributed by atoms with E-state index in [9.17, 15) is 0 Å². The molecule has 0 aliphatic carbocycles. The van der Waals surface area contributed by atoms with E-state index in [0.717, 1.165) is 25.3 Å². The van der Waals surface area contributed by atoms with Crippen LogP contribution in [0.5, 0.6) is 0 Å². The van der Waals surface area contributed by atoms with E-state index in [2.05, 4.69) is 32.7 Å². The lowest BCUT2D eigenvalue weighted by atomic mass is 10.3. The molecule has 0 bridgehead atoms. The molecule has 0 saturated carbocycles. The Morgan fingerprint density at radius 3 is 3.25 bits per heavy atom. The molecular formula is C12H19N7O. The number of nitrogen functional groups attached to an aromatic ring is 1. The Hall–Kier alpha value is -1.90. The average Bonchev–Trinajstić information content (AvgIpc) is 2.93. The number of hydrogen-bond acceptors (Lipinski definition) is 7. The number of rotatable bonds is 4. The number of anilines is 2. The molecule has 0 amide bonds. The molecule has 2 aromatic heterocycles. The van der Waals surface area contributed by atoms with Crippen molar-refractivity contribution in [1.29, 1.82) is 0 Å². The Kier molecular flexibility index (Phi) is 3.68. The predicted octanol–water partition coefficient (Wildman–Crippen LogP) is -0.243. The number of hydrogen-bond donors (Lipinski definition) is 3. The monoisotopic (exact) mass is 277 g/mol. The van der Waals surface area contributed by atoms with Gasteiger partial charge in [0.25, 0.3) is 0 Å². The van der Waals surface area contributed by atoms with Gasteiger partial charge in [-0.2, -0.15) is 0 Å². The van der Waals surface area contributed by atoms with Gasteiger partial charge in [-0.15, -0.1) is 0 Å². The largest absolute Gasteiger partial charge is 0.374 e. The van der Waals surface area contributed by atoms with Crippen LogP contribution in [0.2, 0.25) is 0 Å². The molecule has 3 heterocycles. The fourth-order valence-electron chi connectivity index (χ4n) is 2.32. The maximum absolute atomic E-state index is 5.72. The highest BCUT2D eigenvalue weighted by Gasteiger charge is 2.18. The molecule has 1 aliphatic heterocycles. The Morgan fingerprint density at radius 1 is 1.55 bits per heavy atom. The zero-order valence-corrected chi connectivity index (χ0v) is 11.4. The van der Waals surface area contributed by atoms with Gasteiger partial charge in [0.2, 0.25) is 0 Å². The van der Waals surface area contributed by atoms with Gasteiger partial charge in [-0.25, -0.2) is 15.8 Å². The van der Waals surface area contributed by atoms with E-state index in [4.69, 9.17) is 10.6 Å². The van der Waals surface area contributed by atoms with E-state index in [-0.39, 0.29) is 6.10 Å². The van der Waals surface area contributed by atoms with Gasteiger partial charge in [-0.3, -0.25) is 0 Å². The van der Waals surface area contributed by atoms with Crippen LogP contribution in [0.3, 0.4) is 0 Å². The van der Waals surface area contributed by atoms with E-state index in [1.54, 1.807) is 12.4 Å². The molecule has 8 nitrogen and oxygen atoms in total. The normalized spacial score (nSPS) is 20.2. The van der Waals surface area contributed by atoms with Crippen LogP contribution in [-0.2, 0) is 4.74 Å². The third-order valence-electron chi connectivity index (χ3n) is 3.36. The SMILES string of the molecule is CN1CCOC(CNc2nc(NN)cn3ccnc23)C1. The van der Waals surface area contributed by atoms with Crippen LogP contribution in [0.25, 0.3) is 5.65 Å². The van der Waals surface area contributed by atoms with Gasteiger partial charge in [0, 0.05) is 32.0 Å². The lowest BCUT2D eigenvalue weighted by Crippen LogP contribution is -2.43. The second kappa shape index (κ2) is 5.61. The van der Waals surface area contributed by atoms with Gasteiger partial charge in [0.05, 0.1) is 18.9 Å². The topological polar surface area (TPSA) is 92.7 Å². The van der Waals surface area contributed by atoms with Gasteiger partial charge in [-0.1, -0.05) is 0 Å². The summed E-state index contributed by atoms with van der Waals surface area (Å²) in [5, 5.41) is 3.30. The number of nitrogens with one attached hydrogen (secondary N) is 2. The van der Waals surface area contributed by atoms with Crippen LogP contribution in [0.15, 0.2) is 18.6 Å². The zero-order chi connectivity index (χ0) is 13.9. The predicted molar refractivity (Wildman–Crippen MR) is 76.5 cm³/mol. The summed E-state index contributed by atoms with van der Waals surface area (Å²) < 4.78 is 7.59. The van der Waals surface area contributed by atoms with E-state index < -0.39 is 0 Å². The first-order valence-corrected chi connectivity index (χ1v) is 6.60. The minimum absolute atomic E-state index is 0.153. The minimum Gasteiger partial charge on any atom is -0.374 e. The minimum atomic E-state index is 0.153. The number of nitrogens with zero attached hydrogens (tertiary/aromatic N) is 4. The van der Waals surface area contributed by atoms with Crippen LogP contribution >= 0.6 is 0 Å². The highest BCUT2D eigenvalue weighted by Crippen LogP contribution is 2.16. The van der Waals surface area contributed by atoms with Gasteiger partial charge >= 0.3 is 0 Å². The van der Waals surface area contributed by atoms with Gasteiger partial charge in [-0.05, 0) is 7.05 Å². The number of fused-ring (bicyclic) bond motifs is 1. The van der Waals surface area contributed by atoms with E-state index in [1.807, 2.05) is 10.6 Å². The molecule has 4 N–H and O–H groups in total. The van der Waals surface area contributed by atoms with Crippen molar-refractivity contribution in [1.82, 2.24) is 19.3 Å². The lowest BCUT2D eigenvalue weighted by Gasteiger charge is -2.30. The van der Waals surface area contributed by atoms with Crippen molar-refractivity contribution in [3.8, 4) is 0 Å². The van der Waals surface area contributed by atoms with Gasteiger partial charge < -0.3 is 24.8 Å². The molecule has 1 unspecified atom stereocenters. The summed E-state index contributed by atoms with van der Waals surface area (Å²) in [6, 6.07) is 0. The molecule has 1 fully saturated rings. The molecule has 108 valence electrons. The summed E-state index contributed by atoms with van der Waals surface area (Å²) in [5.74, 6) is 6.71. The molecule has 0 aromatic carbocycles. The molecule has 3 rings (SSSR count). The smallest absolute Gasteiger partial charge is 0.180 e. The highest BCUT2D eigenvalue weighted by molar-refractivity contribution is 5.65. The van der Waals surface area contributed by atoms with E-state index in [1.165, 1.54) is 0 Å². The molecule has 2 aromatic rings. The first kappa shape index (κ1) is 13.1. The molecule has 0 radical (unpaired) electrons. The van der Waals surface area contributed by atoms with Crippen molar-refractivity contribution in [2.45, 2.75) is 6.10 Å². The first-order chi connectivity index (χ1) is 9.76. The number of nitrogens with two attached hydrogens (primary N) is 1. The maximum atomic E-state index is 5.72. The van der Waals surface area contributed by atoms with Crippen LogP contribution in [-0.4, -0.2) is 58.7 Å². The summed E-state index contributed by atoms with van der Waals surface area (Å²) >= 11 is 0. The molecule has 20 heavy (non-hydrogen) atoms. The summed E-state index contributed by atoms with van der Waals surface area (Å²) in [7, 11) is 2.10. The van der Waals surface area contributed by atoms with Crippen molar-refractivity contribution >= 4 is 17.3 Å². The molecule has 1 saturated heterocycles. The third kappa shape index (κ3) is 2.67.